The zero-order valence-electron chi connectivity index (χ0n) is 9.94. The number of anilines is 1. The number of methoxy groups -OCH3 is 1. The van der Waals surface area contributed by atoms with E-state index in [9.17, 15) is 14.0 Å². The van der Waals surface area contributed by atoms with Crippen molar-refractivity contribution in [3.8, 4) is 5.75 Å². The number of rotatable bonds is 3. The first-order chi connectivity index (χ1) is 9.10. The second kappa shape index (κ2) is 5.30. The predicted octanol–water partition coefficient (Wildman–Crippen LogP) is 1.17. The van der Waals surface area contributed by atoms with Gasteiger partial charge in [-0.25, -0.2) is 9.49 Å². The summed E-state index contributed by atoms with van der Waals surface area (Å²) >= 11 is 0. The summed E-state index contributed by atoms with van der Waals surface area (Å²) in [4.78, 5) is 22.6. The van der Waals surface area contributed by atoms with E-state index in [0.717, 1.165) is 6.07 Å². The molecule has 0 saturated heterocycles. The lowest BCUT2D eigenvalue weighted by Crippen LogP contribution is -2.17. The van der Waals surface area contributed by atoms with Crippen molar-refractivity contribution in [3.05, 3.63) is 52.1 Å². The Balaban J connectivity index is 2.20. The Hall–Kier alpha value is -2.70. The quantitative estimate of drug-likeness (QED) is 0.870. The molecule has 19 heavy (non-hydrogen) atoms. The summed E-state index contributed by atoms with van der Waals surface area (Å²) in [6.07, 6.45) is 0. The van der Waals surface area contributed by atoms with Crippen LogP contribution in [-0.4, -0.2) is 23.2 Å². The van der Waals surface area contributed by atoms with Crippen molar-refractivity contribution in [1.29, 1.82) is 0 Å². The molecule has 2 aromatic rings. The van der Waals surface area contributed by atoms with Crippen LogP contribution in [0.1, 0.15) is 10.4 Å². The first-order valence-electron chi connectivity index (χ1n) is 5.31. The highest BCUT2D eigenvalue weighted by molar-refractivity contribution is 6.03. The highest BCUT2D eigenvalue weighted by Crippen LogP contribution is 2.17. The maximum atomic E-state index is 13.6. The lowest BCUT2D eigenvalue weighted by molar-refractivity contribution is 0.102. The van der Waals surface area contributed by atoms with Gasteiger partial charge in [-0.1, -0.05) is 0 Å². The molecule has 1 heterocycles. The Labute approximate surface area is 107 Å². The fourth-order valence-corrected chi connectivity index (χ4v) is 1.40. The Kier molecular flexibility index (Phi) is 3.56. The summed E-state index contributed by atoms with van der Waals surface area (Å²) in [5.74, 6) is -0.933. The standard InChI is InChI=1S/C12H10FN3O3/c1-19-7-2-3-8(9(13)6-7)12(18)14-10-4-5-11(17)16-15-10/h2-6H,1H3,(H,16,17)(H,14,15,18). The molecule has 2 N–H and O–H groups in total. The van der Waals surface area contributed by atoms with E-state index in [-0.39, 0.29) is 11.4 Å². The average Bonchev–Trinajstić information content (AvgIpc) is 2.41. The number of nitrogens with one attached hydrogen (secondary N) is 2. The lowest BCUT2D eigenvalue weighted by atomic mass is 10.2. The maximum Gasteiger partial charge on any atom is 0.264 e. The van der Waals surface area contributed by atoms with Gasteiger partial charge in [0.1, 0.15) is 11.6 Å². The number of hydrogen-bond donors (Lipinski definition) is 2. The molecule has 0 spiro atoms. The van der Waals surface area contributed by atoms with E-state index in [0.29, 0.717) is 5.75 Å². The van der Waals surface area contributed by atoms with Gasteiger partial charge in [-0.3, -0.25) is 9.59 Å². The Morgan fingerprint density at radius 2 is 2.16 bits per heavy atom. The number of carbonyl (C=O) groups is 1. The van der Waals surface area contributed by atoms with E-state index in [1.165, 1.54) is 31.4 Å². The molecule has 0 saturated carbocycles. The van der Waals surface area contributed by atoms with Gasteiger partial charge in [-0.15, -0.1) is 0 Å². The van der Waals surface area contributed by atoms with Crippen LogP contribution in [0.2, 0.25) is 0 Å². The summed E-state index contributed by atoms with van der Waals surface area (Å²) in [5, 5.41) is 8.11. The molecule has 1 aromatic carbocycles. The van der Waals surface area contributed by atoms with Gasteiger partial charge < -0.3 is 10.1 Å². The third-order valence-corrected chi connectivity index (χ3v) is 2.34. The first kappa shape index (κ1) is 12.7. The van der Waals surface area contributed by atoms with Crippen LogP contribution < -0.4 is 15.6 Å². The van der Waals surface area contributed by atoms with Crippen LogP contribution in [0.4, 0.5) is 10.2 Å². The number of carbonyl (C=O) groups excluding carboxylic acids is 1. The molecule has 0 fully saturated rings. The van der Waals surface area contributed by atoms with Crippen LogP contribution in [0.5, 0.6) is 5.75 Å². The monoisotopic (exact) mass is 263 g/mol. The van der Waals surface area contributed by atoms with Crippen molar-refractivity contribution in [2.45, 2.75) is 0 Å². The van der Waals surface area contributed by atoms with Gasteiger partial charge in [0, 0.05) is 12.1 Å². The van der Waals surface area contributed by atoms with E-state index in [2.05, 4.69) is 15.5 Å². The molecule has 6 nitrogen and oxygen atoms in total. The van der Waals surface area contributed by atoms with E-state index < -0.39 is 17.3 Å². The third kappa shape index (κ3) is 2.95. The Morgan fingerprint density at radius 3 is 2.74 bits per heavy atom. The summed E-state index contributed by atoms with van der Waals surface area (Å²) in [6.45, 7) is 0. The number of nitrogens with zero attached hydrogens (tertiary/aromatic N) is 1. The minimum Gasteiger partial charge on any atom is -0.497 e. The normalized spacial score (nSPS) is 10.0. The lowest BCUT2D eigenvalue weighted by Gasteiger charge is -2.06. The minimum absolute atomic E-state index is 0.125. The van der Waals surface area contributed by atoms with Gasteiger partial charge in [-0.2, -0.15) is 5.10 Å². The van der Waals surface area contributed by atoms with Gasteiger partial charge >= 0.3 is 0 Å². The zero-order chi connectivity index (χ0) is 13.8. The molecule has 1 amide bonds. The largest absolute Gasteiger partial charge is 0.497 e. The van der Waals surface area contributed by atoms with Crippen molar-refractivity contribution < 1.29 is 13.9 Å². The first-order valence-corrected chi connectivity index (χ1v) is 5.31. The molecular formula is C12H10FN3O3. The van der Waals surface area contributed by atoms with E-state index in [4.69, 9.17) is 4.74 Å². The van der Waals surface area contributed by atoms with Gasteiger partial charge in [0.15, 0.2) is 5.82 Å². The molecule has 7 heteroatoms. The number of aromatic nitrogens is 2. The van der Waals surface area contributed by atoms with E-state index in [1.807, 2.05) is 0 Å². The van der Waals surface area contributed by atoms with Gasteiger partial charge in [0.25, 0.3) is 11.5 Å². The highest BCUT2D eigenvalue weighted by Gasteiger charge is 2.13. The molecule has 1 aromatic heterocycles. The van der Waals surface area contributed by atoms with E-state index in [1.54, 1.807) is 0 Å². The van der Waals surface area contributed by atoms with Crippen molar-refractivity contribution in [2.75, 3.05) is 12.4 Å². The minimum atomic E-state index is -0.707. The van der Waals surface area contributed by atoms with Crippen LogP contribution in [0, 0.1) is 5.82 Å². The summed E-state index contributed by atoms with van der Waals surface area (Å²) in [5.41, 5.74) is -0.539. The molecule has 0 aliphatic carbocycles. The molecule has 0 bridgehead atoms. The highest BCUT2D eigenvalue weighted by atomic mass is 19.1. The molecule has 0 aliphatic heterocycles. The molecule has 0 unspecified atom stereocenters. The number of halogens is 1. The predicted molar refractivity (Wildman–Crippen MR) is 65.8 cm³/mol. The Morgan fingerprint density at radius 1 is 1.37 bits per heavy atom. The SMILES string of the molecule is COc1ccc(C(=O)Nc2ccc(=O)[nH]n2)c(F)c1. The van der Waals surface area contributed by atoms with Crippen LogP contribution in [0.3, 0.4) is 0 Å². The molecule has 0 aliphatic rings. The van der Waals surface area contributed by atoms with Crippen molar-refractivity contribution in [2.24, 2.45) is 0 Å². The summed E-state index contributed by atoms with van der Waals surface area (Å²) in [7, 11) is 1.40. The molecule has 98 valence electrons. The fraction of sp³-hybridized carbons (Fsp3) is 0.0833. The molecule has 0 atom stereocenters. The average molecular weight is 263 g/mol. The van der Waals surface area contributed by atoms with Crippen molar-refractivity contribution in [3.63, 3.8) is 0 Å². The molecule has 2 rings (SSSR count). The van der Waals surface area contributed by atoms with Gasteiger partial charge in [-0.05, 0) is 18.2 Å². The topological polar surface area (TPSA) is 84.1 Å². The number of H-pyrrole nitrogens is 1. The number of aromatic amines is 1. The van der Waals surface area contributed by atoms with Gasteiger partial charge in [0.2, 0.25) is 0 Å². The number of hydrogen-bond acceptors (Lipinski definition) is 4. The zero-order valence-corrected chi connectivity index (χ0v) is 9.94. The van der Waals surface area contributed by atoms with Crippen LogP contribution in [-0.2, 0) is 0 Å². The smallest absolute Gasteiger partial charge is 0.264 e. The summed E-state index contributed by atoms with van der Waals surface area (Å²) in [6, 6.07) is 6.40. The van der Waals surface area contributed by atoms with Gasteiger partial charge in [0.05, 0.1) is 12.7 Å². The number of amides is 1. The molecular weight excluding hydrogens is 253 g/mol. The van der Waals surface area contributed by atoms with Crippen LogP contribution in [0.15, 0.2) is 35.1 Å². The van der Waals surface area contributed by atoms with Crippen LogP contribution in [0.25, 0.3) is 0 Å². The molecule has 0 radical (unpaired) electrons. The third-order valence-electron chi connectivity index (χ3n) is 2.34. The van der Waals surface area contributed by atoms with Crippen molar-refractivity contribution in [1.82, 2.24) is 10.2 Å². The second-order valence-corrected chi connectivity index (χ2v) is 3.61. The van der Waals surface area contributed by atoms with E-state index >= 15 is 0 Å². The number of ether oxygens (including phenoxy) is 1. The second-order valence-electron chi connectivity index (χ2n) is 3.61. The fourth-order valence-electron chi connectivity index (χ4n) is 1.40. The van der Waals surface area contributed by atoms with Crippen molar-refractivity contribution >= 4 is 11.7 Å². The van der Waals surface area contributed by atoms with Crippen LogP contribution >= 0.6 is 0 Å². The number of benzene rings is 1. The maximum absolute atomic E-state index is 13.6. The Bertz CT molecular complexity index is 649. The summed E-state index contributed by atoms with van der Waals surface area (Å²) < 4.78 is 18.5.